The predicted octanol–water partition coefficient (Wildman–Crippen LogP) is 4.76. The Labute approximate surface area is 169 Å². The van der Waals surface area contributed by atoms with Gasteiger partial charge in [-0.15, -0.1) is 11.8 Å². The number of nitrogens with one attached hydrogen (secondary N) is 1. The van der Waals surface area contributed by atoms with E-state index in [1.165, 1.54) is 55.9 Å². The van der Waals surface area contributed by atoms with Crippen molar-refractivity contribution in [1.82, 2.24) is 9.88 Å². The van der Waals surface area contributed by atoms with Crippen molar-refractivity contribution in [3.05, 3.63) is 6.20 Å². The average Bonchev–Trinajstić information content (AvgIpc) is 3.34. The van der Waals surface area contributed by atoms with E-state index in [9.17, 15) is 9.59 Å². The van der Waals surface area contributed by atoms with Gasteiger partial charge in [-0.05, 0) is 44.4 Å². The van der Waals surface area contributed by atoms with Crippen LogP contribution < -0.4 is 5.32 Å². The lowest BCUT2D eigenvalue weighted by atomic mass is 9.86. The summed E-state index contributed by atoms with van der Waals surface area (Å²) in [5, 5.41) is 3.61. The summed E-state index contributed by atoms with van der Waals surface area (Å²) in [6, 6.07) is 0.689. The second-order valence-electron chi connectivity index (χ2n) is 7.54. The third kappa shape index (κ3) is 5.60. The summed E-state index contributed by atoms with van der Waals surface area (Å²) in [4.78, 5) is 30.8. The summed E-state index contributed by atoms with van der Waals surface area (Å²) < 4.78 is 5.55. The van der Waals surface area contributed by atoms with Crippen molar-refractivity contribution in [2.75, 3.05) is 18.2 Å². The molecule has 2 amide bonds. The first-order valence-electron chi connectivity index (χ1n) is 9.81. The van der Waals surface area contributed by atoms with Crippen LogP contribution in [0.15, 0.2) is 10.4 Å². The minimum atomic E-state index is -0.266. The topological polar surface area (TPSA) is 71.5 Å². The maximum absolute atomic E-state index is 13.1. The molecule has 0 spiro atoms. The molecule has 1 N–H and O–H groups in total. The van der Waals surface area contributed by atoms with Gasteiger partial charge in [-0.3, -0.25) is 10.1 Å². The Hall–Kier alpha value is -1.28. The number of ether oxygens (including phenoxy) is 1. The van der Waals surface area contributed by atoms with Gasteiger partial charge in [-0.1, -0.05) is 31.1 Å². The first kappa shape index (κ1) is 20.5. The summed E-state index contributed by atoms with van der Waals surface area (Å²) in [6.45, 7) is 2.30. The highest BCUT2D eigenvalue weighted by Gasteiger charge is 2.34. The zero-order chi connectivity index (χ0) is 19.2. The minimum absolute atomic E-state index is 0.0136. The fourth-order valence-corrected chi connectivity index (χ4v) is 5.76. The molecule has 0 aromatic carbocycles. The molecule has 0 unspecified atom stereocenters. The van der Waals surface area contributed by atoms with Gasteiger partial charge in [0.15, 0.2) is 5.13 Å². The molecule has 2 aliphatic carbocycles. The number of amides is 2. The lowest BCUT2D eigenvalue weighted by Gasteiger charge is -2.39. The second kappa shape index (κ2) is 9.78. The van der Waals surface area contributed by atoms with Gasteiger partial charge < -0.3 is 9.64 Å². The van der Waals surface area contributed by atoms with Crippen LogP contribution in [0.4, 0.5) is 9.93 Å². The maximum atomic E-state index is 13.1. The van der Waals surface area contributed by atoms with Crippen molar-refractivity contribution in [3.8, 4) is 0 Å². The normalized spacial score (nSPS) is 23.2. The molecule has 150 valence electrons. The van der Waals surface area contributed by atoms with E-state index in [1.54, 1.807) is 6.20 Å². The molecule has 0 saturated heterocycles. The van der Waals surface area contributed by atoms with Crippen LogP contribution in [0.1, 0.15) is 58.3 Å². The number of esters is 1. The fraction of sp³-hybridized carbons (Fsp3) is 0.737. The Morgan fingerprint density at radius 1 is 1.22 bits per heavy atom. The zero-order valence-electron chi connectivity index (χ0n) is 16.1. The van der Waals surface area contributed by atoms with Crippen LogP contribution in [-0.2, 0) is 9.53 Å². The molecular formula is C19H29N3O3S2. The molecule has 0 bridgehead atoms. The molecular weight excluding hydrogens is 382 g/mol. The van der Waals surface area contributed by atoms with Gasteiger partial charge in [-0.2, -0.15) is 0 Å². The van der Waals surface area contributed by atoms with Crippen LogP contribution in [0.2, 0.25) is 0 Å². The SMILES string of the molecule is COC(=O)CSc1cnc(NC(=O)N(C2CCCC2)C2CCC(C)CC2)s1. The van der Waals surface area contributed by atoms with Gasteiger partial charge in [0.1, 0.15) is 0 Å². The number of thioether (sulfide) groups is 1. The highest BCUT2D eigenvalue weighted by Crippen LogP contribution is 2.34. The van der Waals surface area contributed by atoms with Gasteiger partial charge in [0.05, 0.1) is 23.3 Å². The number of urea groups is 1. The number of aromatic nitrogens is 1. The first-order chi connectivity index (χ1) is 13.1. The van der Waals surface area contributed by atoms with E-state index in [0.29, 0.717) is 17.2 Å². The van der Waals surface area contributed by atoms with Gasteiger partial charge in [0.2, 0.25) is 0 Å². The van der Waals surface area contributed by atoms with Gasteiger partial charge >= 0.3 is 12.0 Å². The van der Waals surface area contributed by atoms with Crippen molar-refractivity contribution in [1.29, 1.82) is 0 Å². The Bertz CT molecular complexity index is 638. The molecule has 0 radical (unpaired) electrons. The van der Waals surface area contributed by atoms with Crippen LogP contribution in [0.3, 0.4) is 0 Å². The van der Waals surface area contributed by atoms with Crippen molar-refractivity contribution >= 4 is 40.2 Å². The number of hydrogen-bond donors (Lipinski definition) is 1. The van der Waals surface area contributed by atoms with Gasteiger partial charge in [0, 0.05) is 12.1 Å². The molecule has 27 heavy (non-hydrogen) atoms. The zero-order valence-corrected chi connectivity index (χ0v) is 17.7. The van der Waals surface area contributed by atoms with Crippen molar-refractivity contribution in [2.45, 2.75) is 74.6 Å². The molecule has 1 aromatic rings. The van der Waals surface area contributed by atoms with E-state index >= 15 is 0 Å². The fourth-order valence-electron chi connectivity index (χ4n) is 4.06. The molecule has 2 fully saturated rings. The number of anilines is 1. The third-order valence-electron chi connectivity index (χ3n) is 5.59. The predicted molar refractivity (Wildman–Crippen MR) is 109 cm³/mol. The summed E-state index contributed by atoms with van der Waals surface area (Å²) in [5.74, 6) is 0.751. The number of nitrogens with zero attached hydrogens (tertiary/aromatic N) is 2. The van der Waals surface area contributed by atoms with E-state index in [-0.39, 0.29) is 17.8 Å². The average molecular weight is 412 g/mol. The molecule has 1 heterocycles. The van der Waals surface area contributed by atoms with Gasteiger partial charge in [-0.25, -0.2) is 9.78 Å². The van der Waals surface area contributed by atoms with Gasteiger partial charge in [0.25, 0.3) is 0 Å². The molecule has 2 saturated carbocycles. The van der Waals surface area contributed by atoms with Crippen molar-refractivity contribution in [3.63, 3.8) is 0 Å². The minimum Gasteiger partial charge on any atom is -0.468 e. The van der Waals surface area contributed by atoms with Crippen molar-refractivity contribution < 1.29 is 14.3 Å². The lowest BCUT2D eigenvalue weighted by Crippen LogP contribution is -2.49. The molecule has 6 nitrogen and oxygen atoms in total. The number of thiazole rings is 1. The van der Waals surface area contributed by atoms with Crippen molar-refractivity contribution in [2.24, 2.45) is 5.92 Å². The number of carbonyl (C=O) groups is 2. The standard InChI is InChI=1S/C19H29N3O3S2/c1-13-7-9-15(10-8-13)22(14-5-3-4-6-14)19(24)21-18-20-11-17(27-18)26-12-16(23)25-2/h11,13-15H,3-10,12H2,1-2H3,(H,20,21,24). The Balaban J connectivity index is 1.62. The van der Waals surface area contributed by atoms with Crippen LogP contribution >= 0.6 is 23.1 Å². The molecule has 2 aliphatic rings. The maximum Gasteiger partial charge on any atom is 0.324 e. The van der Waals surface area contributed by atoms with E-state index < -0.39 is 0 Å². The molecule has 0 atom stereocenters. The summed E-state index contributed by atoms with van der Waals surface area (Å²) in [7, 11) is 1.38. The Morgan fingerprint density at radius 3 is 2.56 bits per heavy atom. The molecule has 0 aliphatic heterocycles. The third-order valence-corrected chi connectivity index (χ3v) is 7.67. The molecule has 1 aromatic heterocycles. The lowest BCUT2D eigenvalue weighted by molar-refractivity contribution is -0.137. The number of carbonyl (C=O) groups excluding carboxylic acids is 2. The van der Waals surface area contributed by atoms with E-state index in [2.05, 4.69) is 26.9 Å². The van der Waals surface area contributed by atoms with E-state index in [4.69, 9.17) is 0 Å². The number of hydrogen-bond acceptors (Lipinski definition) is 6. The molecule has 8 heteroatoms. The van der Waals surface area contributed by atoms with Crippen LogP contribution in [-0.4, -0.2) is 46.8 Å². The summed E-state index contributed by atoms with van der Waals surface area (Å²) in [6.07, 6.45) is 10.9. The largest absolute Gasteiger partial charge is 0.468 e. The highest BCUT2D eigenvalue weighted by molar-refractivity contribution is 8.01. The highest BCUT2D eigenvalue weighted by atomic mass is 32.2. The number of methoxy groups -OCH3 is 1. The molecule has 3 rings (SSSR count). The van der Waals surface area contributed by atoms with Crippen LogP contribution in [0.5, 0.6) is 0 Å². The van der Waals surface area contributed by atoms with E-state index in [1.807, 2.05) is 0 Å². The monoisotopic (exact) mass is 411 g/mol. The summed E-state index contributed by atoms with van der Waals surface area (Å²) >= 11 is 2.79. The number of rotatable bonds is 6. The Kier molecular flexibility index (Phi) is 7.41. The van der Waals surface area contributed by atoms with Crippen LogP contribution in [0.25, 0.3) is 0 Å². The summed E-state index contributed by atoms with van der Waals surface area (Å²) in [5.41, 5.74) is 0. The van der Waals surface area contributed by atoms with Crippen LogP contribution in [0, 0.1) is 5.92 Å². The smallest absolute Gasteiger partial charge is 0.324 e. The first-order valence-corrected chi connectivity index (χ1v) is 11.6. The van der Waals surface area contributed by atoms with E-state index in [0.717, 1.165) is 35.8 Å². The quantitative estimate of drug-likeness (QED) is 0.540. The second-order valence-corrected chi connectivity index (χ2v) is 9.84. The Morgan fingerprint density at radius 2 is 1.89 bits per heavy atom.